The minimum Gasteiger partial charge on any atom is -0.373 e. The van der Waals surface area contributed by atoms with Crippen LogP contribution in [-0.2, 0) is 15.1 Å². The molecule has 3 heteroatoms. The minimum absolute atomic E-state index is 0.118. The lowest BCUT2D eigenvalue weighted by molar-refractivity contribution is -0.0788. The lowest BCUT2D eigenvalue weighted by atomic mass is 9.94. The summed E-state index contributed by atoms with van der Waals surface area (Å²) in [6, 6.07) is 8.72. The fourth-order valence-electron chi connectivity index (χ4n) is 2.03. The third-order valence-corrected chi connectivity index (χ3v) is 4.55. The third kappa shape index (κ3) is 6.09. The molecular weight excluding hydrogens is 328 g/mol. The molecule has 0 amide bonds. The molecule has 0 radical (unpaired) electrons. The number of ether oxygens (including phenoxy) is 2. The van der Waals surface area contributed by atoms with E-state index in [-0.39, 0.29) is 11.2 Å². The molecule has 0 fully saturated rings. The molecule has 0 aliphatic rings. The van der Waals surface area contributed by atoms with Crippen molar-refractivity contribution >= 4 is 15.9 Å². The lowest BCUT2D eigenvalue weighted by Gasteiger charge is -2.30. The summed E-state index contributed by atoms with van der Waals surface area (Å²) < 4.78 is 11.8. The summed E-state index contributed by atoms with van der Waals surface area (Å²) in [5.41, 5.74) is 2.11. The fraction of sp³-hybridized carbons (Fsp3) is 0.667. The quantitative estimate of drug-likeness (QED) is 0.490. The van der Waals surface area contributed by atoms with Gasteiger partial charge in [0.15, 0.2) is 0 Å². The van der Waals surface area contributed by atoms with E-state index in [1.54, 1.807) is 0 Å². The number of benzene rings is 1. The Hall–Kier alpha value is -0.380. The van der Waals surface area contributed by atoms with Crippen LogP contribution in [0.15, 0.2) is 24.3 Å². The summed E-state index contributed by atoms with van der Waals surface area (Å²) in [4.78, 5) is 0. The van der Waals surface area contributed by atoms with Crippen molar-refractivity contribution in [2.24, 2.45) is 0 Å². The monoisotopic (exact) mass is 356 g/mol. The van der Waals surface area contributed by atoms with Crippen LogP contribution < -0.4 is 0 Å². The zero-order valence-electron chi connectivity index (χ0n) is 14.2. The number of rotatable bonds is 7. The van der Waals surface area contributed by atoms with Crippen molar-refractivity contribution in [2.45, 2.75) is 58.7 Å². The molecular formula is C18H29BrO2. The van der Waals surface area contributed by atoms with Gasteiger partial charge in [0.1, 0.15) is 5.60 Å². The van der Waals surface area contributed by atoms with Gasteiger partial charge in [-0.3, -0.25) is 0 Å². The number of hydrogen-bond donors (Lipinski definition) is 0. The first-order valence-corrected chi connectivity index (χ1v) is 8.74. The van der Waals surface area contributed by atoms with Crippen LogP contribution in [0.1, 0.15) is 58.6 Å². The van der Waals surface area contributed by atoms with Gasteiger partial charge in [0.25, 0.3) is 0 Å². The van der Waals surface area contributed by atoms with Gasteiger partial charge in [-0.1, -0.05) is 54.0 Å². The second kappa shape index (κ2) is 7.75. The lowest BCUT2D eigenvalue weighted by Crippen LogP contribution is -2.31. The molecule has 0 N–H and O–H groups in total. The normalized spacial score (nSPS) is 15.2. The number of alkyl halides is 1. The predicted octanol–water partition coefficient (Wildman–Crippen LogP) is 5.25. The van der Waals surface area contributed by atoms with Crippen molar-refractivity contribution in [3.05, 3.63) is 35.4 Å². The third-order valence-electron chi connectivity index (χ3n) is 3.48. The topological polar surface area (TPSA) is 18.5 Å². The first-order valence-electron chi connectivity index (χ1n) is 7.62. The molecule has 1 aromatic carbocycles. The maximum absolute atomic E-state index is 6.09. The molecule has 21 heavy (non-hydrogen) atoms. The van der Waals surface area contributed by atoms with Gasteiger partial charge < -0.3 is 9.47 Å². The molecule has 0 spiro atoms. The Morgan fingerprint density at radius 1 is 0.952 bits per heavy atom. The van der Waals surface area contributed by atoms with Crippen LogP contribution in [0.3, 0.4) is 0 Å². The maximum atomic E-state index is 6.09. The zero-order chi connectivity index (χ0) is 16.1. The molecule has 1 rings (SSSR count). The number of hydrogen-bond acceptors (Lipinski definition) is 2. The SMILES string of the molecule is CC(C)c1ccc(C(C)(CBr)OCCOC(C)(C)C)cc1. The van der Waals surface area contributed by atoms with Gasteiger partial charge in [0.05, 0.1) is 18.8 Å². The largest absolute Gasteiger partial charge is 0.373 e. The molecule has 0 saturated heterocycles. The molecule has 2 nitrogen and oxygen atoms in total. The fourth-order valence-corrected chi connectivity index (χ4v) is 2.52. The van der Waals surface area contributed by atoms with E-state index in [4.69, 9.17) is 9.47 Å². The van der Waals surface area contributed by atoms with Crippen molar-refractivity contribution < 1.29 is 9.47 Å². The van der Waals surface area contributed by atoms with Gasteiger partial charge in [-0.15, -0.1) is 0 Å². The Morgan fingerprint density at radius 3 is 1.90 bits per heavy atom. The van der Waals surface area contributed by atoms with Gasteiger partial charge in [0, 0.05) is 5.33 Å². The summed E-state index contributed by atoms with van der Waals surface area (Å²) >= 11 is 3.58. The Morgan fingerprint density at radius 2 is 1.48 bits per heavy atom. The summed E-state index contributed by atoms with van der Waals surface area (Å²) in [5, 5.41) is 0.760. The molecule has 0 aromatic heterocycles. The van der Waals surface area contributed by atoms with E-state index in [9.17, 15) is 0 Å². The van der Waals surface area contributed by atoms with Crippen molar-refractivity contribution in [3.8, 4) is 0 Å². The molecule has 0 heterocycles. The van der Waals surface area contributed by atoms with Gasteiger partial charge in [0.2, 0.25) is 0 Å². The highest BCUT2D eigenvalue weighted by Crippen LogP contribution is 2.29. The highest BCUT2D eigenvalue weighted by molar-refractivity contribution is 9.09. The van der Waals surface area contributed by atoms with Crippen molar-refractivity contribution in [3.63, 3.8) is 0 Å². The van der Waals surface area contributed by atoms with E-state index >= 15 is 0 Å². The maximum Gasteiger partial charge on any atom is 0.100 e. The molecule has 0 saturated carbocycles. The Bertz CT molecular complexity index is 420. The highest BCUT2D eigenvalue weighted by Gasteiger charge is 2.26. The van der Waals surface area contributed by atoms with Crippen LogP contribution in [0.25, 0.3) is 0 Å². The molecule has 1 unspecified atom stereocenters. The van der Waals surface area contributed by atoms with Crippen LogP contribution in [0.2, 0.25) is 0 Å². The Labute approximate surface area is 138 Å². The second-order valence-electron chi connectivity index (χ2n) is 6.95. The summed E-state index contributed by atoms with van der Waals surface area (Å²) in [7, 11) is 0. The van der Waals surface area contributed by atoms with Crippen molar-refractivity contribution in [1.29, 1.82) is 0 Å². The summed E-state index contributed by atoms with van der Waals surface area (Å²) in [5.74, 6) is 0.551. The van der Waals surface area contributed by atoms with Crippen molar-refractivity contribution in [1.82, 2.24) is 0 Å². The van der Waals surface area contributed by atoms with Crippen LogP contribution in [0.5, 0.6) is 0 Å². The van der Waals surface area contributed by atoms with E-state index in [0.29, 0.717) is 19.1 Å². The van der Waals surface area contributed by atoms with Gasteiger partial charge in [-0.25, -0.2) is 0 Å². The predicted molar refractivity (Wildman–Crippen MR) is 93.3 cm³/mol. The molecule has 120 valence electrons. The van der Waals surface area contributed by atoms with Crippen LogP contribution in [-0.4, -0.2) is 24.1 Å². The molecule has 0 aliphatic carbocycles. The first kappa shape index (κ1) is 18.7. The smallest absolute Gasteiger partial charge is 0.100 e. The molecule has 1 atom stereocenters. The summed E-state index contributed by atoms with van der Waals surface area (Å²) in [6.45, 7) is 13.9. The van der Waals surface area contributed by atoms with E-state index in [0.717, 1.165) is 5.33 Å². The van der Waals surface area contributed by atoms with E-state index < -0.39 is 0 Å². The second-order valence-corrected chi connectivity index (χ2v) is 7.51. The van der Waals surface area contributed by atoms with Crippen LogP contribution in [0.4, 0.5) is 0 Å². The number of halogens is 1. The first-order chi connectivity index (χ1) is 9.68. The standard InChI is InChI=1S/C18H29BrO2/c1-14(2)15-7-9-16(10-8-15)18(6,13-19)21-12-11-20-17(3,4)5/h7-10,14H,11-13H2,1-6H3. The molecule has 1 aromatic rings. The molecule has 0 bridgehead atoms. The van der Waals surface area contributed by atoms with Gasteiger partial charge in [-0.05, 0) is 44.7 Å². The zero-order valence-corrected chi connectivity index (χ0v) is 15.8. The van der Waals surface area contributed by atoms with E-state index in [1.807, 2.05) is 0 Å². The minimum atomic E-state index is -0.323. The van der Waals surface area contributed by atoms with Crippen LogP contribution >= 0.6 is 15.9 Å². The summed E-state index contributed by atoms with van der Waals surface area (Å²) in [6.07, 6.45) is 0. The van der Waals surface area contributed by atoms with E-state index in [2.05, 4.69) is 81.7 Å². The van der Waals surface area contributed by atoms with Crippen LogP contribution in [0, 0.1) is 0 Å². The van der Waals surface area contributed by atoms with E-state index in [1.165, 1.54) is 11.1 Å². The average molecular weight is 357 g/mol. The van der Waals surface area contributed by atoms with Gasteiger partial charge in [-0.2, -0.15) is 0 Å². The Balaban J connectivity index is 2.66. The highest BCUT2D eigenvalue weighted by atomic mass is 79.9. The van der Waals surface area contributed by atoms with Gasteiger partial charge >= 0.3 is 0 Å². The molecule has 0 aliphatic heterocycles. The van der Waals surface area contributed by atoms with Crippen molar-refractivity contribution in [2.75, 3.05) is 18.5 Å². The average Bonchev–Trinajstić information content (AvgIpc) is 2.42. The Kier molecular flexibility index (Phi) is 6.89.